The van der Waals surface area contributed by atoms with Gasteiger partial charge in [0.2, 0.25) is 0 Å². The molecule has 0 amide bonds. The summed E-state index contributed by atoms with van der Waals surface area (Å²) in [5, 5.41) is 4.41. The van der Waals surface area contributed by atoms with Gasteiger partial charge >= 0.3 is 0 Å². The summed E-state index contributed by atoms with van der Waals surface area (Å²) in [6.45, 7) is 0. The van der Waals surface area contributed by atoms with Crippen molar-refractivity contribution in [3.05, 3.63) is 89.8 Å². The molecule has 1 aliphatic carbocycles. The molecule has 0 heterocycles. The van der Waals surface area contributed by atoms with E-state index in [9.17, 15) is 9.46 Å². The van der Waals surface area contributed by atoms with Gasteiger partial charge in [-0.25, -0.2) is 0 Å². The molecule has 0 aromatic heterocycles. The van der Waals surface area contributed by atoms with Crippen LogP contribution in [0.15, 0.2) is 84.2 Å². The fourth-order valence-corrected chi connectivity index (χ4v) is 5.12. The van der Waals surface area contributed by atoms with Crippen LogP contribution in [0.25, 0.3) is 0 Å². The van der Waals surface area contributed by atoms with Crippen LogP contribution in [0.2, 0.25) is 0 Å². The van der Waals surface area contributed by atoms with Crippen LogP contribution in [0.5, 0.6) is 0 Å². The highest BCUT2D eigenvalue weighted by molar-refractivity contribution is 7.70. The molecule has 0 radical (unpaired) electrons. The van der Waals surface area contributed by atoms with E-state index in [1.807, 2.05) is 49.5 Å². The summed E-state index contributed by atoms with van der Waals surface area (Å²) in [6, 6.07) is 18.9. The molecule has 2 aromatic rings. The first-order valence-electron chi connectivity index (χ1n) is 8.12. The molecule has 24 heavy (non-hydrogen) atoms. The van der Waals surface area contributed by atoms with Gasteiger partial charge < -0.3 is 10.2 Å². The summed E-state index contributed by atoms with van der Waals surface area (Å²) >= 11 is 0. The second-order valence-electron chi connectivity index (χ2n) is 5.91. The fourth-order valence-electron chi connectivity index (χ4n) is 3.25. The molecule has 1 unspecified atom stereocenters. The van der Waals surface area contributed by atoms with Crippen LogP contribution in [-0.4, -0.2) is 11.9 Å². The summed E-state index contributed by atoms with van der Waals surface area (Å²) in [7, 11) is -1.70. The normalized spacial score (nSPS) is 20.9. The van der Waals surface area contributed by atoms with Crippen molar-refractivity contribution in [2.45, 2.75) is 12.5 Å². The molecule has 2 aromatic carbocycles. The lowest BCUT2D eigenvalue weighted by Gasteiger charge is -2.31. The van der Waals surface area contributed by atoms with Crippen LogP contribution in [-0.2, 0) is 4.57 Å². The van der Waals surface area contributed by atoms with Crippen LogP contribution in [0.4, 0.5) is 0 Å². The Morgan fingerprint density at radius 2 is 1.71 bits per heavy atom. The molecule has 4 heteroatoms. The minimum absolute atomic E-state index is 0.0433. The first-order chi connectivity index (χ1) is 11.6. The lowest BCUT2D eigenvalue weighted by Crippen LogP contribution is -2.27. The Balaban J connectivity index is 2.01. The standard InChI is InChI=1S/C20H22NO2P/c1-21-20(16-10-4-2-5-11-16)18-14-8-9-15-19(18)24(22,23)17-12-6-3-7-13-17/h2-8,10-15,18,20-21H,9H2,1H3,(H,22,23)/t18-,20+/m1/s1. The molecule has 1 aliphatic rings. The van der Waals surface area contributed by atoms with Gasteiger partial charge in [-0.3, -0.25) is 4.57 Å². The average molecular weight is 339 g/mol. The first-order valence-corrected chi connectivity index (χ1v) is 9.78. The van der Waals surface area contributed by atoms with Crippen molar-refractivity contribution in [1.29, 1.82) is 0 Å². The van der Waals surface area contributed by atoms with Crippen LogP contribution in [0.1, 0.15) is 18.0 Å². The molecule has 3 nitrogen and oxygen atoms in total. The Bertz CT molecular complexity index is 784. The van der Waals surface area contributed by atoms with E-state index in [2.05, 4.69) is 17.5 Å². The van der Waals surface area contributed by atoms with Gasteiger partial charge in [0, 0.05) is 22.6 Å². The first kappa shape index (κ1) is 16.9. The Labute approximate surface area is 143 Å². The smallest absolute Gasteiger partial charge is 0.255 e. The van der Waals surface area contributed by atoms with E-state index in [1.54, 1.807) is 24.3 Å². The van der Waals surface area contributed by atoms with Crippen molar-refractivity contribution in [3.8, 4) is 0 Å². The van der Waals surface area contributed by atoms with Gasteiger partial charge in [0.15, 0.2) is 0 Å². The minimum Gasteiger partial charge on any atom is -0.338 e. The van der Waals surface area contributed by atoms with Gasteiger partial charge in [-0.05, 0) is 31.2 Å². The molecular formula is C20H22NO2P. The fraction of sp³-hybridized carbons (Fsp3) is 0.200. The third kappa shape index (κ3) is 3.29. The Kier molecular flexibility index (Phi) is 5.15. The highest BCUT2D eigenvalue weighted by Crippen LogP contribution is 2.55. The van der Waals surface area contributed by atoms with Crippen molar-refractivity contribution in [1.82, 2.24) is 5.32 Å². The molecule has 0 bridgehead atoms. The summed E-state index contributed by atoms with van der Waals surface area (Å²) in [6.07, 6.45) is 6.71. The van der Waals surface area contributed by atoms with Crippen LogP contribution in [0, 0.1) is 5.92 Å². The van der Waals surface area contributed by atoms with E-state index in [4.69, 9.17) is 0 Å². The summed E-state index contributed by atoms with van der Waals surface area (Å²) in [5.74, 6) is -0.151. The molecule has 0 aliphatic heterocycles. The van der Waals surface area contributed by atoms with E-state index < -0.39 is 7.37 Å². The lowest BCUT2D eigenvalue weighted by molar-refractivity contribution is 0.468. The molecule has 0 spiro atoms. The van der Waals surface area contributed by atoms with E-state index >= 15 is 0 Å². The van der Waals surface area contributed by atoms with Crippen molar-refractivity contribution >= 4 is 12.7 Å². The lowest BCUT2D eigenvalue weighted by atomic mass is 9.89. The van der Waals surface area contributed by atoms with E-state index in [0.29, 0.717) is 17.0 Å². The summed E-state index contributed by atoms with van der Waals surface area (Å²) < 4.78 is 13.3. The maximum atomic E-state index is 13.3. The molecule has 3 rings (SSSR count). The molecular weight excluding hydrogens is 317 g/mol. The predicted octanol–water partition coefficient (Wildman–Crippen LogP) is 4.00. The third-order valence-corrected chi connectivity index (χ3v) is 6.61. The Hall–Kier alpha value is -1.93. The third-order valence-electron chi connectivity index (χ3n) is 4.43. The van der Waals surface area contributed by atoms with Crippen molar-refractivity contribution in [2.75, 3.05) is 7.05 Å². The zero-order chi connectivity index (χ0) is 17.0. The second kappa shape index (κ2) is 7.31. The van der Waals surface area contributed by atoms with Crippen molar-refractivity contribution in [3.63, 3.8) is 0 Å². The van der Waals surface area contributed by atoms with Gasteiger partial charge in [0.05, 0.1) is 0 Å². The maximum absolute atomic E-state index is 13.3. The van der Waals surface area contributed by atoms with E-state index in [-0.39, 0.29) is 12.0 Å². The van der Waals surface area contributed by atoms with E-state index in [1.165, 1.54) is 0 Å². The van der Waals surface area contributed by atoms with Gasteiger partial charge in [-0.15, -0.1) is 0 Å². The largest absolute Gasteiger partial charge is 0.338 e. The second-order valence-corrected chi connectivity index (χ2v) is 8.09. The highest BCUT2D eigenvalue weighted by Gasteiger charge is 2.36. The van der Waals surface area contributed by atoms with Gasteiger partial charge in [-0.1, -0.05) is 66.8 Å². The van der Waals surface area contributed by atoms with Crippen LogP contribution < -0.4 is 10.6 Å². The number of benzene rings is 2. The number of allylic oxidation sites excluding steroid dienone is 2. The SMILES string of the molecule is CN[C@@H](c1ccccc1)[C@@H]1C=CCC=C1P(=O)(O)c1ccccc1. The number of hydrogen-bond acceptors (Lipinski definition) is 2. The summed E-state index contributed by atoms with van der Waals surface area (Å²) in [5.41, 5.74) is 1.11. The number of nitrogens with one attached hydrogen (secondary N) is 1. The zero-order valence-corrected chi connectivity index (χ0v) is 14.6. The zero-order valence-electron chi connectivity index (χ0n) is 13.7. The molecule has 0 saturated carbocycles. The maximum Gasteiger partial charge on any atom is 0.255 e. The van der Waals surface area contributed by atoms with Gasteiger partial charge in [0.1, 0.15) is 0 Å². The highest BCUT2D eigenvalue weighted by atomic mass is 31.2. The minimum atomic E-state index is -3.59. The number of rotatable bonds is 5. The number of hydrogen-bond donors (Lipinski definition) is 2. The molecule has 3 atom stereocenters. The van der Waals surface area contributed by atoms with Crippen molar-refractivity contribution in [2.24, 2.45) is 5.92 Å². The summed E-state index contributed by atoms with van der Waals surface area (Å²) in [4.78, 5) is 10.9. The molecule has 124 valence electrons. The molecule has 0 saturated heterocycles. The molecule has 0 fully saturated rings. The predicted molar refractivity (Wildman–Crippen MR) is 99.5 cm³/mol. The quantitative estimate of drug-likeness (QED) is 0.639. The topological polar surface area (TPSA) is 49.3 Å². The Morgan fingerprint density at radius 1 is 1.08 bits per heavy atom. The van der Waals surface area contributed by atoms with E-state index in [0.717, 1.165) is 5.56 Å². The van der Waals surface area contributed by atoms with Gasteiger partial charge in [0.25, 0.3) is 7.37 Å². The van der Waals surface area contributed by atoms with Crippen molar-refractivity contribution < 1.29 is 9.46 Å². The van der Waals surface area contributed by atoms with Crippen LogP contribution in [0.3, 0.4) is 0 Å². The Morgan fingerprint density at radius 3 is 2.33 bits per heavy atom. The monoisotopic (exact) mass is 339 g/mol. The molecule has 2 N–H and O–H groups in total. The average Bonchev–Trinajstić information content (AvgIpc) is 2.64. The van der Waals surface area contributed by atoms with Gasteiger partial charge in [-0.2, -0.15) is 0 Å². The van der Waals surface area contributed by atoms with Crippen LogP contribution >= 0.6 is 7.37 Å².